The van der Waals surface area contributed by atoms with E-state index < -0.39 is 0 Å². The van der Waals surface area contributed by atoms with E-state index >= 15 is 0 Å². The van der Waals surface area contributed by atoms with Gasteiger partial charge in [0.15, 0.2) is 5.96 Å². The van der Waals surface area contributed by atoms with E-state index in [9.17, 15) is 0 Å². The van der Waals surface area contributed by atoms with Crippen molar-refractivity contribution in [2.45, 2.75) is 18.4 Å². The van der Waals surface area contributed by atoms with Gasteiger partial charge in [-0.3, -0.25) is 0 Å². The number of benzene rings is 1. The molecule has 2 N–H and O–H groups in total. The van der Waals surface area contributed by atoms with E-state index in [1.807, 2.05) is 12.1 Å². The molecule has 0 spiro atoms. The third kappa shape index (κ3) is 4.15. The van der Waals surface area contributed by atoms with Gasteiger partial charge in [0.25, 0.3) is 0 Å². The zero-order chi connectivity index (χ0) is 14.1. The van der Waals surface area contributed by atoms with Gasteiger partial charge in [-0.1, -0.05) is 29.3 Å². The molecule has 2 fully saturated rings. The number of hydrogen-bond donors (Lipinski definition) is 1. The third-order valence-corrected chi connectivity index (χ3v) is 4.31. The molecule has 1 aromatic carbocycles. The molecule has 0 amide bonds. The summed E-state index contributed by atoms with van der Waals surface area (Å²) in [5.41, 5.74) is 7.17. The highest BCUT2D eigenvalue weighted by Crippen LogP contribution is 2.46. The van der Waals surface area contributed by atoms with Crippen LogP contribution in [0.15, 0.2) is 23.2 Å². The molecule has 21 heavy (non-hydrogen) atoms. The van der Waals surface area contributed by atoms with Crippen molar-refractivity contribution in [3.8, 4) is 0 Å². The maximum Gasteiger partial charge on any atom is 0.191 e. The summed E-state index contributed by atoms with van der Waals surface area (Å²) in [4.78, 5) is 6.68. The van der Waals surface area contributed by atoms with Gasteiger partial charge in [-0.15, -0.1) is 24.0 Å². The zero-order valence-corrected chi connectivity index (χ0v) is 15.3. The van der Waals surface area contributed by atoms with E-state index in [1.165, 1.54) is 0 Å². The fourth-order valence-corrected chi connectivity index (χ4v) is 3.05. The Labute approximate surface area is 151 Å². The molecule has 1 aromatic rings. The summed E-state index contributed by atoms with van der Waals surface area (Å²) in [5.74, 6) is 0.977. The summed E-state index contributed by atoms with van der Waals surface area (Å²) >= 11 is 12.1. The summed E-state index contributed by atoms with van der Waals surface area (Å²) in [6.07, 6.45) is 0.992. The second kappa shape index (κ2) is 7.35. The van der Waals surface area contributed by atoms with Crippen molar-refractivity contribution in [2.24, 2.45) is 10.7 Å². The van der Waals surface area contributed by atoms with Gasteiger partial charge in [-0.25, -0.2) is 4.99 Å². The Balaban J connectivity index is 0.00000161. The molecular formula is C14H18Cl2IN3O. The number of nitrogens with zero attached hydrogens (tertiary/aromatic N) is 2. The molecule has 4 nitrogen and oxygen atoms in total. The Morgan fingerprint density at radius 3 is 2.67 bits per heavy atom. The molecule has 0 unspecified atom stereocenters. The summed E-state index contributed by atoms with van der Waals surface area (Å²) in [5, 5.41) is 1.37. The molecule has 2 atom stereocenters. The monoisotopic (exact) mass is 441 g/mol. The van der Waals surface area contributed by atoms with Crippen molar-refractivity contribution in [1.29, 1.82) is 0 Å². The fourth-order valence-electron chi connectivity index (χ4n) is 2.50. The van der Waals surface area contributed by atoms with Crippen molar-refractivity contribution in [1.82, 2.24) is 4.90 Å². The number of halogens is 3. The summed E-state index contributed by atoms with van der Waals surface area (Å²) in [6.45, 7) is 3.06. The molecule has 1 saturated carbocycles. The molecule has 7 heteroatoms. The number of hydrogen-bond acceptors (Lipinski definition) is 2. The van der Waals surface area contributed by atoms with Crippen LogP contribution in [0, 0.1) is 0 Å². The molecule has 2 aliphatic rings. The predicted octanol–water partition coefficient (Wildman–Crippen LogP) is 3.11. The third-order valence-electron chi connectivity index (χ3n) is 3.75. The minimum Gasteiger partial charge on any atom is -0.378 e. The van der Waals surface area contributed by atoms with Crippen LogP contribution < -0.4 is 5.73 Å². The van der Waals surface area contributed by atoms with Crippen molar-refractivity contribution in [3.63, 3.8) is 0 Å². The summed E-state index contributed by atoms with van der Waals surface area (Å²) in [6, 6.07) is 5.86. The van der Waals surface area contributed by atoms with Crippen LogP contribution in [0.4, 0.5) is 0 Å². The van der Waals surface area contributed by atoms with Crippen LogP contribution in [0.1, 0.15) is 17.9 Å². The smallest absolute Gasteiger partial charge is 0.191 e. The molecule has 0 radical (unpaired) electrons. The summed E-state index contributed by atoms with van der Waals surface area (Å²) < 4.78 is 5.31. The highest BCUT2D eigenvalue weighted by Gasteiger charge is 2.40. The Bertz CT molecular complexity index is 535. The number of rotatable bonds is 2. The molecule has 1 aliphatic carbocycles. The van der Waals surface area contributed by atoms with Gasteiger partial charge in [-0.2, -0.15) is 0 Å². The lowest BCUT2D eigenvalue weighted by Crippen LogP contribution is -2.45. The van der Waals surface area contributed by atoms with Crippen LogP contribution >= 0.6 is 47.2 Å². The molecule has 116 valence electrons. The van der Waals surface area contributed by atoms with E-state index in [0.29, 0.717) is 35.1 Å². The average Bonchev–Trinajstić information content (AvgIpc) is 3.18. The Kier molecular flexibility index (Phi) is 5.99. The van der Waals surface area contributed by atoms with Crippen LogP contribution in [0.2, 0.25) is 10.0 Å². The van der Waals surface area contributed by atoms with Crippen LogP contribution in [-0.2, 0) is 4.74 Å². The molecule has 1 heterocycles. The van der Waals surface area contributed by atoms with Gasteiger partial charge in [-0.05, 0) is 24.1 Å². The van der Waals surface area contributed by atoms with Crippen molar-refractivity contribution < 1.29 is 4.74 Å². The second-order valence-electron chi connectivity index (χ2n) is 5.16. The number of guanidine groups is 1. The topological polar surface area (TPSA) is 50.8 Å². The van der Waals surface area contributed by atoms with Crippen molar-refractivity contribution >= 4 is 53.1 Å². The highest BCUT2D eigenvalue weighted by atomic mass is 127. The SMILES string of the molecule is I.NC(=N[C@@H]1C[C@H]1c1ccc(Cl)cc1Cl)N1CCOCC1. The van der Waals surface area contributed by atoms with E-state index in [-0.39, 0.29) is 30.0 Å². The first-order valence-corrected chi connectivity index (χ1v) is 7.51. The van der Waals surface area contributed by atoms with Gasteiger partial charge in [0.05, 0.1) is 19.3 Å². The normalized spacial score (nSPS) is 25.4. The maximum absolute atomic E-state index is 6.22. The second-order valence-corrected chi connectivity index (χ2v) is 6.01. The molecule has 3 rings (SSSR count). The lowest BCUT2D eigenvalue weighted by molar-refractivity contribution is 0.0674. The van der Waals surface area contributed by atoms with Crippen LogP contribution in [0.3, 0.4) is 0 Å². The van der Waals surface area contributed by atoms with Crippen molar-refractivity contribution in [3.05, 3.63) is 33.8 Å². The maximum atomic E-state index is 6.22. The number of ether oxygens (including phenoxy) is 1. The van der Waals surface area contributed by atoms with Crippen LogP contribution in [0.25, 0.3) is 0 Å². The molecule has 1 aliphatic heterocycles. The lowest BCUT2D eigenvalue weighted by Gasteiger charge is -2.27. The van der Waals surface area contributed by atoms with Crippen molar-refractivity contribution in [2.75, 3.05) is 26.3 Å². The Hall–Kier alpha value is -0.240. The van der Waals surface area contributed by atoms with E-state index in [4.69, 9.17) is 33.7 Å². The zero-order valence-electron chi connectivity index (χ0n) is 11.5. The average molecular weight is 442 g/mol. The molecule has 0 aromatic heterocycles. The van der Waals surface area contributed by atoms with Gasteiger partial charge >= 0.3 is 0 Å². The minimum atomic E-state index is 0. The van der Waals surface area contributed by atoms with Gasteiger partial charge in [0.2, 0.25) is 0 Å². The van der Waals surface area contributed by atoms with E-state index in [2.05, 4.69) is 9.89 Å². The Morgan fingerprint density at radius 2 is 2.00 bits per heavy atom. The highest BCUT2D eigenvalue weighted by molar-refractivity contribution is 14.0. The first-order valence-electron chi connectivity index (χ1n) is 6.76. The van der Waals surface area contributed by atoms with Gasteiger partial charge in [0.1, 0.15) is 0 Å². The largest absolute Gasteiger partial charge is 0.378 e. The molecular weight excluding hydrogens is 424 g/mol. The number of aliphatic imine (C=N–C) groups is 1. The van der Waals surface area contributed by atoms with Gasteiger partial charge < -0.3 is 15.4 Å². The molecule has 0 bridgehead atoms. The fraction of sp³-hybridized carbons (Fsp3) is 0.500. The Morgan fingerprint density at radius 1 is 1.29 bits per heavy atom. The summed E-state index contributed by atoms with van der Waals surface area (Å²) in [7, 11) is 0. The van der Waals surface area contributed by atoms with Crippen LogP contribution in [0.5, 0.6) is 0 Å². The van der Waals surface area contributed by atoms with Gasteiger partial charge in [0, 0.05) is 29.1 Å². The van der Waals surface area contributed by atoms with Crippen LogP contribution in [-0.4, -0.2) is 43.2 Å². The predicted molar refractivity (Wildman–Crippen MR) is 97.0 cm³/mol. The molecule has 1 saturated heterocycles. The lowest BCUT2D eigenvalue weighted by atomic mass is 10.1. The standard InChI is InChI=1S/C14H17Cl2N3O.HI/c15-9-1-2-10(12(16)7-9)11-8-13(11)18-14(17)19-3-5-20-6-4-19;/h1-2,7,11,13H,3-6,8H2,(H2,17,18);1H/t11-,13+;/m0./s1. The first-order chi connectivity index (χ1) is 9.65. The van der Waals surface area contributed by atoms with E-state index in [0.717, 1.165) is 25.1 Å². The first kappa shape index (κ1) is 17.1. The number of nitrogens with two attached hydrogens (primary N) is 1. The van der Waals surface area contributed by atoms with E-state index in [1.54, 1.807) is 6.07 Å². The minimum absolute atomic E-state index is 0. The quantitative estimate of drug-likeness (QED) is 0.435. The number of morpholine rings is 1.